The van der Waals surface area contributed by atoms with Crippen LogP contribution in [0.3, 0.4) is 0 Å². The highest BCUT2D eigenvalue weighted by Crippen LogP contribution is 2.64. The van der Waals surface area contributed by atoms with Crippen LogP contribution >= 0.6 is 22.6 Å². The Morgan fingerprint density at radius 2 is 0.861 bits per heavy atom. The molecule has 2 atom stereocenters. The van der Waals surface area contributed by atoms with E-state index in [2.05, 4.69) is 0 Å². The summed E-state index contributed by atoms with van der Waals surface area (Å²) in [5.74, 6) is -56.2. The first-order valence-corrected chi connectivity index (χ1v) is 10.5. The maximum atomic E-state index is 13.9. The molecule has 2 unspecified atom stereocenters. The average molecular weight is 690 g/mol. The summed E-state index contributed by atoms with van der Waals surface area (Å²) in [5.41, 5.74) is 0. The van der Waals surface area contributed by atoms with Crippen molar-refractivity contribution in [2.75, 3.05) is 6.61 Å². The molecule has 0 spiro atoms. The van der Waals surface area contributed by atoms with Gasteiger partial charge >= 0.3 is 47.6 Å². The molecule has 218 valence electrons. The van der Waals surface area contributed by atoms with Gasteiger partial charge in [0.05, 0.1) is 12.7 Å². The van der Waals surface area contributed by atoms with Gasteiger partial charge in [0.2, 0.25) is 0 Å². The monoisotopic (exact) mass is 690 g/mol. The Morgan fingerprint density at radius 1 is 0.528 bits per heavy atom. The second-order valence-corrected chi connectivity index (χ2v) is 9.33. The zero-order chi connectivity index (χ0) is 29.4. The lowest BCUT2D eigenvalue weighted by Gasteiger charge is -2.43. The summed E-state index contributed by atoms with van der Waals surface area (Å²) in [5, 5.41) is 17.6. The minimum absolute atomic E-state index is 0.0633. The van der Waals surface area contributed by atoms with Crippen LogP contribution in [0.5, 0.6) is 0 Å². The van der Waals surface area contributed by atoms with Crippen molar-refractivity contribution in [1.29, 1.82) is 0 Å². The van der Waals surface area contributed by atoms with E-state index in [-0.39, 0.29) is 19.3 Å². The van der Waals surface area contributed by atoms with Crippen LogP contribution in [0.15, 0.2) is 0 Å². The molecule has 0 aliphatic heterocycles. The van der Waals surface area contributed by atoms with E-state index in [9.17, 15) is 74.6 Å². The second-order valence-electron chi connectivity index (χ2n) is 7.57. The second kappa shape index (κ2) is 10.9. The number of alkyl halides is 18. The van der Waals surface area contributed by atoms with E-state index < -0.39 is 77.1 Å². The summed E-state index contributed by atoms with van der Waals surface area (Å²) in [7, 11) is 0. The maximum Gasteiger partial charge on any atom is 0.460 e. The molecule has 0 bridgehead atoms. The lowest BCUT2D eigenvalue weighted by Crippen LogP contribution is -2.74. The number of hydrogen-bond acceptors (Lipinski definition) is 2. The summed E-state index contributed by atoms with van der Waals surface area (Å²) in [6, 6.07) is 0. The Labute approximate surface area is 204 Å². The number of aliphatic hydroxyl groups excluding tert-OH is 2. The third kappa shape index (κ3) is 6.03. The van der Waals surface area contributed by atoms with Crippen LogP contribution in [0, 0.1) is 0 Å². The van der Waals surface area contributed by atoms with Crippen molar-refractivity contribution < 1.29 is 84.9 Å². The van der Waals surface area contributed by atoms with Crippen LogP contribution in [-0.2, 0) is 0 Å². The van der Waals surface area contributed by atoms with E-state index in [1.165, 1.54) is 0 Å². The molecule has 0 rings (SSSR count). The van der Waals surface area contributed by atoms with Crippen LogP contribution in [0.2, 0.25) is 0 Å². The molecule has 2 N–H and O–H groups in total. The van der Waals surface area contributed by atoms with Crippen LogP contribution in [0.25, 0.3) is 0 Å². The standard InChI is InChI=1S/C16H16F17IO2/c17-9(18,5-7(34)3-1-2-4-8(36)6-35)10(19,20)11(21,22)12(23,24)13(25,26)14(27,28)15(29,30)16(31,32)33/h7-8,35-36H,1-6H2. The largest absolute Gasteiger partial charge is 0.460 e. The summed E-state index contributed by atoms with van der Waals surface area (Å²) < 4.78 is 223. The number of unbranched alkanes of at least 4 members (excludes halogenated alkanes) is 1. The summed E-state index contributed by atoms with van der Waals surface area (Å²) in [6.07, 6.45) is -12.5. The summed E-state index contributed by atoms with van der Waals surface area (Å²) in [6.45, 7) is -0.722. The molecule has 0 aliphatic rings. The zero-order valence-corrected chi connectivity index (χ0v) is 19.3. The average Bonchev–Trinajstić information content (AvgIpc) is 2.68. The molecule has 0 aliphatic carbocycles. The molecular formula is C16H16F17IO2. The molecular weight excluding hydrogens is 674 g/mol. The van der Waals surface area contributed by atoms with Gasteiger partial charge in [0, 0.05) is 10.3 Å². The molecule has 20 heteroatoms. The maximum absolute atomic E-state index is 13.9. The Morgan fingerprint density at radius 3 is 1.22 bits per heavy atom. The zero-order valence-electron chi connectivity index (χ0n) is 17.1. The van der Waals surface area contributed by atoms with E-state index >= 15 is 0 Å². The van der Waals surface area contributed by atoms with E-state index in [0.717, 1.165) is 22.6 Å². The Balaban J connectivity index is 6.08. The Kier molecular flexibility index (Phi) is 10.7. The van der Waals surface area contributed by atoms with Crippen LogP contribution in [0.4, 0.5) is 74.6 Å². The molecule has 0 heterocycles. The highest BCUT2D eigenvalue weighted by Gasteiger charge is 2.95. The fraction of sp³-hybridized carbons (Fsp3) is 1.00. The molecule has 0 aromatic carbocycles. The smallest absolute Gasteiger partial charge is 0.394 e. The van der Waals surface area contributed by atoms with Gasteiger partial charge in [-0.2, -0.15) is 74.6 Å². The first-order chi connectivity index (χ1) is 15.6. The van der Waals surface area contributed by atoms with E-state index in [0.29, 0.717) is 0 Å². The fourth-order valence-electron chi connectivity index (χ4n) is 2.54. The third-order valence-corrected chi connectivity index (χ3v) is 5.84. The number of aliphatic hydroxyl groups is 2. The minimum atomic E-state index is -8.63. The van der Waals surface area contributed by atoms with E-state index in [4.69, 9.17) is 10.2 Å². The molecule has 2 nitrogen and oxygen atoms in total. The quantitative estimate of drug-likeness (QED) is 0.0885. The van der Waals surface area contributed by atoms with Crippen molar-refractivity contribution >= 4 is 22.6 Å². The molecule has 0 saturated heterocycles. The van der Waals surface area contributed by atoms with E-state index in [1.54, 1.807) is 0 Å². The summed E-state index contributed by atoms with van der Waals surface area (Å²) >= 11 is 0.920. The Bertz CT molecular complexity index is 722. The highest BCUT2D eigenvalue weighted by atomic mass is 127. The van der Waals surface area contributed by atoms with Crippen molar-refractivity contribution in [3.8, 4) is 0 Å². The van der Waals surface area contributed by atoms with Gasteiger partial charge in [-0.1, -0.05) is 35.4 Å². The van der Waals surface area contributed by atoms with Crippen LogP contribution < -0.4 is 0 Å². The first kappa shape index (κ1) is 35.5. The van der Waals surface area contributed by atoms with Crippen molar-refractivity contribution in [3.05, 3.63) is 0 Å². The van der Waals surface area contributed by atoms with Gasteiger partial charge in [0.1, 0.15) is 0 Å². The molecule has 0 aromatic rings. The van der Waals surface area contributed by atoms with Crippen molar-refractivity contribution in [2.24, 2.45) is 0 Å². The number of hydrogen-bond donors (Lipinski definition) is 2. The highest BCUT2D eigenvalue weighted by molar-refractivity contribution is 14.1. The van der Waals surface area contributed by atoms with Gasteiger partial charge in [0.25, 0.3) is 0 Å². The third-order valence-electron chi connectivity index (χ3n) is 4.78. The number of halogens is 18. The molecule has 0 amide bonds. The molecule has 0 radical (unpaired) electrons. The minimum Gasteiger partial charge on any atom is -0.394 e. The van der Waals surface area contributed by atoms with Gasteiger partial charge in [-0.15, -0.1) is 0 Å². The Hall–Kier alpha value is -0.540. The lowest BCUT2D eigenvalue weighted by molar-refractivity contribution is -0.461. The van der Waals surface area contributed by atoms with Crippen molar-refractivity contribution in [3.63, 3.8) is 0 Å². The lowest BCUT2D eigenvalue weighted by atomic mass is 9.87. The number of rotatable bonds is 14. The predicted molar refractivity (Wildman–Crippen MR) is 94.7 cm³/mol. The van der Waals surface area contributed by atoms with E-state index in [1.807, 2.05) is 0 Å². The van der Waals surface area contributed by atoms with Gasteiger partial charge in [-0.05, 0) is 12.8 Å². The fourth-order valence-corrected chi connectivity index (χ4v) is 3.54. The summed E-state index contributed by atoms with van der Waals surface area (Å²) in [4.78, 5) is 0. The molecule has 0 aromatic heterocycles. The topological polar surface area (TPSA) is 40.5 Å². The van der Waals surface area contributed by atoms with Gasteiger partial charge in [0.15, 0.2) is 0 Å². The van der Waals surface area contributed by atoms with Crippen LogP contribution in [0.1, 0.15) is 32.1 Å². The van der Waals surface area contributed by atoms with Gasteiger partial charge < -0.3 is 10.2 Å². The predicted octanol–water partition coefficient (Wildman–Crippen LogP) is 7.10. The van der Waals surface area contributed by atoms with Crippen molar-refractivity contribution in [1.82, 2.24) is 0 Å². The van der Waals surface area contributed by atoms with Crippen molar-refractivity contribution in [2.45, 2.75) is 89.8 Å². The normalized spacial score (nSPS) is 17.3. The molecule has 0 fully saturated rings. The molecule has 36 heavy (non-hydrogen) atoms. The van der Waals surface area contributed by atoms with Gasteiger partial charge in [-0.3, -0.25) is 0 Å². The SMILES string of the molecule is OCC(O)CCCCC(I)CC(F)(F)C(F)(F)C(F)(F)C(F)(F)C(F)(F)C(F)(F)C(F)(F)C(F)(F)F. The molecule has 0 saturated carbocycles. The van der Waals surface area contributed by atoms with Crippen LogP contribution in [-0.4, -0.2) is 74.5 Å². The first-order valence-electron chi connectivity index (χ1n) is 9.24. The van der Waals surface area contributed by atoms with Gasteiger partial charge in [-0.25, -0.2) is 0 Å².